The Bertz CT molecular complexity index is 1150. The van der Waals surface area contributed by atoms with Gasteiger partial charge in [-0.15, -0.1) is 23.1 Å². The number of ketones is 1. The minimum absolute atomic E-state index is 0.119. The van der Waals surface area contributed by atoms with Gasteiger partial charge in [0.2, 0.25) is 0 Å². The molecule has 0 amide bonds. The maximum atomic E-state index is 13.6. The van der Waals surface area contributed by atoms with E-state index in [0.29, 0.717) is 17.8 Å². The molecule has 4 rings (SSSR count). The highest BCUT2D eigenvalue weighted by Gasteiger charge is 2.45. The lowest BCUT2D eigenvalue weighted by Crippen LogP contribution is -2.42. The van der Waals surface area contributed by atoms with E-state index in [4.69, 9.17) is 5.73 Å². The molecule has 0 bridgehead atoms. The Morgan fingerprint density at radius 1 is 1.29 bits per heavy atom. The van der Waals surface area contributed by atoms with Gasteiger partial charge in [-0.1, -0.05) is 39.0 Å². The van der Waals surface area contributed by atoms with Gasteiger partial charge < -0.3 is 5.73 Å². The normalized spacial score (nSPS) is 20.7. The Kier molecular flexibility index (Phi) is 5.76. The SMILES string of the molecule is CCSc1sccc1[C@H]1C(C#N)=C(N)N(c2ccccc2C)C2=C1C(=O)CC(C)(C)C2. The highest BCUT2D eigenvalue weighted by Crippen LogP contribution is 2.52. The summed E-state index contributed by atoms with van der Waals surface area (Å²) in [6.07, 6.45) is 1.21. The number of nitriles is 1. The number of aryl methyl sites for hydroxylation is 1. The lowest BCUT2D eigenvalue weighted by molar-refractivity contribution is -0.118. The summed E-state index contributed by atoms with van der Waals surface area (Å²) in [6, 6.07) is 12.4. The molecule has 1 aromatic heterocycles. The van der Waals surface area contributed by atoms with E-state index in [0.717, 1.165) is 44.5 Å². The van der Waals surface area contributed by atoms with E-state index in [2.05, 4.69) is 32.9 Å². The van der Waals surface area contributed by atoms with Gasteiger partial charge in [0.15, 0.2) is 5.78 Å². The fourth-order valence-corrected chi connectivity index (χ4v) is 6.74. The fraction of sp³-hybridized carbons (Fsp3) is 0.360. The summed E-state index contributed by atoms with van der Waals surface area (Å²) < 4.78 is 1.15. The first kappa shape index (κ1) is 21.7. The standard InChI is InChI=1S/C25H27N3OS2/c1-5-30-24-16(10-11-31-24)21-17(14-26)23(27)28(18-9-7-6-8-15(18)2)19-12-25(3,4)13-20(29)22(19)21/h6-11,21H,5,12-13,27H2,1-4H3/t21-/m0/s1. The number of thioether (sulfide) groups is 1. The molecular formula is C25H27N3OS2. The van der Waals surface area contributed by atoms with E-state index in [1.807, 2.05) is 41.5 Å². The van der Waals surface area contributed by atoms with E-state index in [1.165, 1.54) is 0 Å². The van der Waals surface area contributed by atoms with Gasteiger partial charge in [0.1, 0.15) is 5.82 Å². The molecule has 0 fully saturated rings. The summed E-state index contributed by atoms with van der Waals surface area (Å²) in [6.45, 7) is 8.40. The van der Waals surface area contributed by atoms with Crippen LogP contribution in [0.2, 0.25) is 0 Å². The van der Waals surface area contributed by atoms with Crippen LogP contribution < -0.4 is 10.6 Å². The molecule has 0 saturated carbocycles. The van der Waals surface area contributed by atoms with E-state index in [9.17, 15) is 10.1 Å². The molecule has 2 heterocycles. The van der Waals surface area contributed by atoms with Crippen LogP contribution in [0.3, 0.4) is 0 Å². The average Bonchev–Trinajstić information content (AvgIpc) is 3.15. The molecule has 0 unspecified atom stereocenters. The lowest BCUT2D eigenvalue weighted by atomic mass is 9.69. The molecule has 4 nitrogen and oxygen atoms in total. The third-order valence-corrected chi connectivity index (χ3v) is 8.13. The van der Waals surface area contributed by atoms with E-state index >= 15 is 0 Å². The molecule has 1 aliphatic carbocycles. The Morgan fingerprint density at radius 3 is 2.71 bits per heavy atom. The van der Waals surface area contributed by atoms with Gasteiger partial charge in [-0.05, 0) is 53.2 Å². The van der Waals surface area contributed by atoms with Crippen molar-refractivity contribution in [2.75, 3.05) is 10.7 Å². The van der Waals surface area contributed by atoms with Crippen molar-refractivity contribution in [3.8, 4) is 6.07 Å². The summed E-state index contributed by atoms with van der Waals surface area (Å²) in [4.78, 5) is 15.6. The molecule has 1 atom stereocenters. The number of allylic oxidation sites excluding steroid dienone is 3. The van der Waals surface area contributed by atoms with Crippen LogP contribution in [0.4, 0.5) is 5.69 Å². The molecule has 31 heavy (non-hydrogen) atoms. The van der Waals surface area contributed by atoms with Crippen LogP contribution in [0, 0.1) is 23.7 Å². The van der Waals surface area contributed by atoms with Crippen molar-refractivity contribution < 1.29 is 4.79 Å². The van der Waals surface area contributed by atoms with Gasteiger partial charge in [-0.2, -0.15) is 5.26 Å². The molecule has 6 heteroatoms. The zero-order valence-electron chi connectivity index (χ0n) is 18.4. The minimum atomic E-state index is -0.399. The van der Waals surface area contributed by atoms with Crippen LogP contribution in [0.1, 0.15) is 50.7 Å². The van der Waals surface area contributed by atoms with E-state index in [-0.39, 0.29) is 11.2 Å². The molecular weight excluding hydrogens is 422 g/mol. The second-order valence-corrected chi connectivity index (χ2v) is 11.3. The fourth-order valence-electron chi connectivity index (χ4n) is 4.68. The van der Waals surface area contributed by atoms with Gasteiger partial charge in [0.25, 0.3) is 0 Å². The summed E-state index contributed by atoms with van der Waals surface area (Å²) in [7, 11) is 0. The van der Waals surface area contributed by atoms with Crippen molar-refractivity contribution in [1.29, 1.82) is 5.26 Å². The molecule has 0 spiro atoms. The minimum Gasteiger partial charge on any atom is -0.384 e. The molecule has 0 radical (unpaired) electrons. The number of nitrogens with zero attached hydrogens (tertiary/aromatic N) is 2. The monoisotopic (exact) mass is 449 g/mol. The number of Topliss-reactive ketones (excluding diaryl/α,β-unsaturated/α-hetero) is 1. The zero-order chi connectivity index (χ0) is 22.3. The Morgan fingerprint density at radius 2 is 2.03 bits per heavy atom. The Labute approximate surface area is 192 Å². The number of carbonyl (C=O) groups is 1. The predicted octanol–water partition coefficient (Wildman–Crippen LogP) is 6.11. The van der Waals surface area contributed by atoms with Crippen molar-refractivity contribution in [3.63, 3.8) is 0 Å². The van der Waals surface area contributed by atoms with Crippen molar-refractivity contribution in [1.82, 2.24) is 0 Å². The lowest BCUT2D eigenvalue weighted by Gasteiger charge is -2.44. The van der Waals surface area contributed by atoms with E-state index < -0.39 is 5.92 Å². The number of nitrogens with two attached hydrogens (primary N) is 1. The number of rotatable bonds is 4. The van der Waals surface area contributed by atoms with Crippen molar-refractivity contribution >= 4 is 34.6 Å². The van der Waals surface area contributed by atoms with Gasteiger partial charge in [-0.3, -0.25) is 9.69 Å². The van der Waals surface area contributed by atoms with Gasteiger partial charge >= 0.3 is 0 Å². The molecule has 1 aromatic carbocycles. The molecule has 2 aromatic rings. The predicted molar refractivity (Wildman–Crippen MR) is 129 cm³/mol. The zero-order valence-corrected chi connectivity index (χ0v) is 20.0. The molecule has 0 saturated heterocycles. The van der Waals surface area contributed by atoms with E-state index in [1.54, 1.807) is 23.1 Å². The van der Waals surface area contributed by atoms with Crippen molar-refractivity contribution in [3.05, 3.63) is 69.5 Å². The number of anilines is 1. The van der Waals surface area contributed by atoms with Crippen LogP contribution >= 0.6 is 23.1 Å². The van der Waals surface area contributed by atoms with Crippen LogP contribution in [0.15, 0.2) is 62.6 Å². The van der Waals surface area contributed by atoms with Crippen LogP contribution in [-0.4, -0.2) is 11.5 Å². The maximum Gasteiger partial charge on any atom is 0.162 e. The van der Waals surface area contributed by atoms with Crippen LogP contribution in [0.5, 0.6) is 0 Å². The number of thiophene rings is 1. The Hall–Kier alpha value is -2.49. The Balaban J connectivity index is 2.01. The molecule has 160 valence electrons. The maximum absolute atomic E-state index is 13.6. The smallest absolute Gasteiger partial charge is 0.162 e. The number of benzene rings is 1. The molecule has 2 aliphatic rings. The van der Waals surface area contributed by atoms with Crippen molar-refractivity contribution in [2.24, 2.45) is 11.1 Å². The first-order valence-corrected chi connectivity index (χ1v) is 12.4. The average molecular weight is 450 g/mol. The van der Waals surface area contributed by atoms with Gasteiger partial charge in [0, 0.05) is 17.7 Å². The molecule has 2 N–H and O–H groups in total. The summed E-state index contributed by atoms with van der Waals surface area (Å²) in [5.41, 5.74) is 11.7. The third-order valence-electron chi connectivity index (χ3n) is 5.98. The highest BCUT2D eigenvalue weighted by molar-refractivity contribution is 8.01. The second kappa shape index (κ2) is 8.22. The topological polar surface area (TPSA) is 70.1 Å². The number of para-hydroxylation sites is 1. The number of carbonyl (C=O) groups excluding carboxylic acids is 1. The van der Waals surface area contributed by atoms with Gasteiger partial charge in [0.05, 0.1) is 27.5 Å². The summed E-state index contributed by atoms with van der Waals surface area (Å²) >= 11 is 3.42. The quantitative estimate of drug-likeness (QED) is 0.570. The first-order valence-electron chi connectivity index (χ1n) is 10.5. The third kappa shape index (κ3) is 3.71. The van der Waals surface area contributed by atoms with Crippen molar-refractivity contribution in [2.45, 2.75) is 50.7 Å². The van der Waals surface area contributed by atoms with Crippen LogP contribution in [0.25, 0.3) is 0 Å². The highest BCUT2D eigenvalue weighted by atomic mass is 32.2. The number of hydrogen-bond donors (Lipinski definition) is 1. The van der Waals surface area contributed by atoms with Gasteiger partial charge in [-0.25, -0.2) is 0 Å². The summed E-state index contributed by atoms with van der Waals surface area (Å²) in [5.74, 6) is 1.09. The van der Waals surface area contributed by atoms with Crippen LogP contribution in [-0.2, 0) is 4.79 Å². The first-order chi connectivity index (χ1) is 14.8. The molecule has 1 aliphatic heterocycles. The number of hydrogen-bond acceptors (Lipinski definition) is 6. The summed E-state index contributed by atoms with van der Waals surface area (Å²) in [5, 5.41) is 12.3. The second-order valence-electron chi connectivity index (χ2n) is 8.86. The largest absolute Gasteiger partial charge is 0.384 e.